The zero-order valence-corrected chi connectivity index (χ0v) is 12.6. The van der Waals surface area contributed by atoms with Gasteiger partial charge in [0.2, 0.25) is 5.91 Å². The van der Waals surface area contributed by atoms with Crippen LogP contribution in [0.5, 0.6) is 0 Å². The Labute approximate surface area is 123 Å². The van der Waals surface area contributed by atoms with Gasteiger partial charge in [0.1, 0.15) is 12.7 Å². The number of hydrogen-bond acceptors (Lipinski definition) is 7. The number of carbonyl (C=O) groups excluding carboxylic acids is 3. The van der Waals surface area contributed by atoms with E-state index in [1.807, 2.05) is 0 Å². The molecule has 1 amide bonds. The van der Waals surface area contributed by atoms with Crippen LogP contribution >= 0.6 is 0 Å². The van der Waals surface area contributed by atoms with Crippen LogP contribution in [-0.2, 0) is 33.3 Å². The van der Waals surface area contributed by atoms with Crippen LogP contribution in [-0.4, -0.2) is 56.1 Å². The number of nitrogens with one attached hydrogen (secondary N) is 1. The van der Waals surface area contributed by atoms with Gasteiger partial charge >= 0.3 is 11.9 Å². The summed E-state index contributed by atoms with van der Waals surface area (Å²) >= 11 is 0. The Morgan fingerprint density at radius 3 is 2.33 bits per heavy atom. The molecule has 0 spiro atoms. The van der Waals surface area contributed by atoms with E-state index in [1.54, 1.807) is 0 Å². The van der Waals surface area contributed by atoms with Crippen LogP contribution in [0.25, 0.3) is 0 Å². The highest BCUT2D eigenvalue weighted by Crippen LogP contribution is 2.24. The fraction of sp³-hybridized carbons (Fsp3) is 0.769. The number of ether oxygens (including phenoxy) is 4. The Bertz CT molecular complexity index is 398. The van der Waals surface area contributed by atoms with Crippen molar-refractivity contribution in [3.05, 3.63) is 0 Å². The van der Waals surface area contributed by atoms with E-state index in [0.717, 1.165) is 0 Å². The molecule has 1 N–H and O–H groups in total. The summed E-state index contributed by atoms with van der Waals surface area (Å²) in [5.41, 5.74) is 0. The Balaban J connectivity index is 2.87. The fourth-order valence-electron chi connectivity index (χ4n) is 2.17. The molecule has 0 aromatic rings. The molecule has 0 unspecified atom stereocenters. The molecule has 1 aliphatic rings. The summed E-state index contributed by atoms with van der Waals surface area (Å²) in [6.45, 7) is 3.80. The minimum Gasteiger partial charge on any atom is -0.463 e. The minimum absolute atomic E-state index is 0.0940. The van der Waals surface area contributed by atoms with E-state index in [-0.39, 0.29) is 12.5 Å². The van der Waals surface area contributed by atoms with E-state index < -0.39 is 36.5 Å². The summed E-state index contributed by atoms with van der Waals surface area (Å²) in [5, 5.41) is 2.70. The lowest BCUT2D eigenvalue weighted by Gasteiger charge is -2.40. The first-order valence-electron chi connectivity index (χ1n) is 6.59. The second kappa shape index (κ2) is 7.94. The molecule has 0 aromatic carbocycles. The van der Waals surface area contributed by atoms with Crippen LogP contribution in [0.3, 0.4) is 0 Å². The second-order valence-electron chi connectivity index (χ2n) is 4.76. The third-order valence-electron chi connectivity index (χ3n) is 2.94. The average molecular weight is 303 g/mol. The van der Waals surface area contributed by atoms with Crippen molar-refractivity contribution in [3.63, 3.8) is 0 Å². The standard InChI is InChI=1S/C13H21NO7/c1-7(15)14-10-5-12(18-4)21-11(6-19-8(2)16)13(10)20-9(3)17/h10-13H,5-6H2,1-4H3,(H,14,15)/t10-,11-,12-,13-/m1/s1. The molecule has 0 aliphatic carbocycles. The summed E-state index contributed by atoms with van der Waals surface area (Å²) in [4.78, 5) is 33.5. The average Bonchev–Trinajstić information content (AvgIpc) is 2.37. The molecular formula is C13H21NO7. The fourth-order valence-corrected chi connectivity index (χ4v) is 2.17. The predicted octanol–water partition coefficient (Wildman–Crippen LogP) is -0.253. The van der Waals surface area contributed by atoms with E-state index in [1.165, 1.54) is 27.9 Å². The largest absolute Gasteiger partial charge is 0.463 e. The van der Waals surface area contributed by atoms with Crippen LogP contribution in [0.2, 0.25) is 0 Å². The van der Waals surface area contributed by atoms with Gasteiger partial charge in [0.05, 0.1) is 6.04 Å². The maximum absolute atomic E-state index is 11.3. The quantitative estimate of drug-likeness (QED) is 0.699. The van der Waals surface area contributed by atoms with Gasteiger partial charge < -0.3 is 24.3 Å². The third-order valence-corrected chi connectivity index (χ3v) is 2.94. The topological polar surface area (TPSA) is 100 Å². The van der Waals surface area contributed by atoms with Crippen molar-refractivity contribution in [2.45, 2.75) is 51.7 Å². The molecule has 8 heteroatoms. The number of rotatable bonds is 5. The predicted molar refractivity (Wildman–Crippen MR) is 70.1 cm³/mol. The van der Waals surface area contributed by atoms with Crippen molar-refractivity contribution in [1.29, 1.82) is 0 Å². The van der Waals surface area contributed by atoms with Gasteiger partial charge in [0.25, 0.3) is 0 Å². The first kappa shape index (κ1) is 17.4. The van der Waals surface area contributed by atoms with E-state index in [9.17, 15) is 14.4 Å². The maximum Gasteiger partial charge on any atom is 0.303 e. The number of methoxy groups -OCH3 is 1. The molecule has 4 atom stereocenters. The van der Waals surface area contributed by atoms with Crippen molar-refractivity contribution in [2.24, 2.45) is 0 Å². The molecule has 1 aliphatic heterocycles. The molecule has 1 rings (SSSR count). The van der Waals surface area contributed by atoms with E-state index in [4.69, 9.17) is 18.9 Å². The summed E-state index contributed by atoms with van der Waals surface area (Å²) < 4.78 is 20.9. The van der Waals surface area contributed by atoms with E-state index in [2.05, 4.69) is 5.32 Å². The van der Waals surface area contributed by atoms with Crippen LogP contribution < -0.4 is 5.32 Å². The monoisotopic (exact) mass is 303 g/mol. The van der Waals surface area contributed by atoms with Crippen LogP contribution in [0.4, 0.5) is 0 Å². The Morgan fingerprint density at radius 1 is 1.19 bits per heavy atom. The molecule has 0 aromatic heterocycles. The van der Waals surface area contributed by atoms with Gasteiger partial charge in [-0.2, -0.15) is 0 Å². The summed E-state index contributed by atoms with van der Waals surface area (Å²) in [7, 11) is 1.46. The Hall–Kier alpha value is -1.67. The SMILES string of the molecule is CO[C@H]1C[C@@H](NC(C)=O)[C@@H](OC(C)=O)[C@@H](COC(C)=O)O1. The highest BCUT2D eigenvalue weighted by molar-refractivity contribution is 5.73. The molecular weight excluding hydrogens is 282 g/mol. The minimum atomic E-state index is -0.753. The molecule has 21 heavy (non-hydrogen) atoms. The maximum atomic E-state index is 11.3. The summed E-state index contributed by atoms with van der Waals surface area (Å²) in [6.07, 6.45) is -1.73. The zero-order valence-electron chi connectivity index (χ0n) is 12.6. The highest BCUT2D eigenvalue weighted by Gasteiger charge is 2.42. The lowest BCUT2D eigenvalue weighted by molar-refractivity contribution is -0.237. The summed E-state index contributed by atoms with van der Waals surface area (Å²) in [6, 6.07) is -0.481. The number of hydrogen-bond donors (Lipinski definition) is 1. The van der Waals surface area contributed by atoms with Crippen molar-refractivity contribution in [2.75, 3.05) is 13.7 Å². The van der Waals surface area contributed by atoms with Crippen molar-refractivity contribution < 1.29 is 33.3 Å². The highest BCUT2D eigenvalue weighted by atomic mass is 16.7. The van der Waals surface area contributed by atoms with Crippen LogP contribution in [0, 0.1) is 0 Å². The van der Waals surface area contributed by atoms with Crippen molar-refractivity contribution >= 4 is 17.8 Å². The lowest BCUT2D eigenvalue weighted by atomic mass is 9.98. The van der Waals surface area contributed by atoms with Crippen LogP contribution in [0.15, 0.2) is 0 Å². The van der Waals surface area contributed by atoms with Gasteiger partial charge in [-0.15, -0.1) is 0 Å². The third kappa shape index (κ3) is 5.68. The molecule has 0 saturated carbocycles. The van der Waals surface area contributed by atoms with Crippen molar-refractivity contribution in [3.8, 4) is 0 Å². The summed E-state index contributed by atoms with van der Waals surface area (Å²) in [5.74, 6) is -1.25. The van der Waals surface area contributed by atoms with Crippen molar-refractivity contribution in [1.82, 2.24) is 5.32 Å². The van der Waals surface area contributed by atoms with E-state index in [0.29, 0.717) is 6.42 Å². The Morgan fingerprint density at radius 2 is 1.86 bits per heavy atom. The molecule has 1 saturated heterocycles. The number of carbonyl (C=O) groups is 3. The smallest absolute Gasteiger partial charge is 0.303 e. The van der Waals surface area contributed by atoms with Gasteiger partial charge in [0.15, 0.2) is 12.4 Å². The molecule has 120 valence electrons. The molecule has 1 fully saturated rings. The molecule has 0 radical (unpaired) electrons. The van der Waals surface area contributed by atoms with E-state index >= 15 is 0 Å². The molecule has 8 nitrogen and oxygen atoms in total. The molecule has 0 bridgehead atoms. The van der Waals surface area contributed by atoms with Gasteiger partial charge in [-0.3, -0.25) is 14.4 Å². The van der Waals surface area contributed by atoms with Gasteiger partial charge in [-0.1, -0.05) is 0 Å². The van der Waals surface area contributed by atoms with Gasteiger partial charge in [-0.05, 0) is 0 Å². The Kier molecular flexibility index (Phi) is 6.57. The van der Waals surface area contributed by atoms with Gasteiger partial charge in [0, 0.05) is 34.3 Å². The normalized spacial score (nSPS) is 28.6. The first-order valence-corrected chi connectivity index (χ1v) is 6.59. The van der Waals surface area contributed by atoms with Gasteiger partial charge in [-0.25, -0.2) is 0 Å². The lowest BCUT2D eigenvalue weighted by Crippen LogP contribution is -2.58. The second-order valence-corrected chi connectivity index (χ2v) is 4.76. The number of esters is 2. The van der Waals surface area contributed by atoms with Crippen LogP contribution in [0.1, 0.15) is 27.2 Å². The number of amides is 1. The zero-order chi connectivity index (χ0) is 16.0. The molecule has 1 heterocycles. The first-order chi connectivity index (χ1) is 9.83.